The molecule has 0 atom stereocenters. The molecule has 2 aromatic rings. The lowest BCUT2D eigenvalue weighted by molar-refractivity contribution is 0.0926. The Kier molecular flexibility index (Phi) is 5.50. The summed E-state index contributed by atoms with van der Waals surface area (Å²) in [5, 5.41) is 3.02. The van der Waals surface area contributed by atoms with E-state index in [1.807, 2.05) is 25.1 Å². The van der Waals surface area contributed by atoms with Crippen LogP contribution in [0.25, 0.3) is 0 Å². The number of hydrogen-bond acceptors (Lipinski definition) is 5. The number of thiazole rings is 1. The Morgan fingerprint density at radius 3 is 2.54 bits per heavy atom. The predicted molar refractivity (Wildman–Crippen MR) is 108 cm³/mol. The molecule has 1 saturated heterocycles. The quantitative estimate of drug-likeness (QED) is 0.820. The van der Waals surface area contributed by atoms with E-state index < -0.39 is 10.2 Å². The van der Waals surface area contributed by atoms with Gasteiger partial charge in [0.1, 0.15) is 4.88 Å². The molecule has 0 radical (unpaired) electrons. The summed E-state index contributed by atoms with van der Waals surface area (Å²) in [5.41, 5.74) is 4.71. The molecule has 2 aliphatic heterocycles. The summed E-state index contributed by atoms with van der Waals surface area (Å²) in [6.45, 7) is 3.61. The number of nitrogens with zero attached hydrogens (tertiary/aromatic N) is 3. The number of carbonyl (C=O) groups excluding carboxylic acids is 1. The highest BCUT2D eigenvalue weighted by atomic mass is 32.2. The highest BCUT2D eigenvalue weighted by Gasteiger charge is 2.35. The molecule has 0 aliphatic carbocycles. The molecule has 9 heteroatoms. The van der Waals surface area contributed by atoms with Crippen molar-refractivity contribution in [3.05, 3.63) is 51.5 Å². The summed E-state index contributed by atoms with van der Waals surface area (Å²) in [5.74, 6) is -0.117. The van der Waals surface area contributed by atoms with E-state index in [9.17, 15) is 13.2 Å². The van der Waals surface area contributed by atoms with Gasteiger partial charge in [-0.2, -0.15) is 17.0 Å². The molecule has 0 saturated carbocycles. The zero-order valence-electron chi connectivity index (χ0n) is 15.8. The van der Waals surface area contributed by atoms with Gasteiger partial charge in [-0.05, 0) is 37.3 Å². The number of hydrogen-bond donors (Lipinski definition) is 1. The second kappa shape index (κ2) is 7.90. The summed E-state index contributed by atoms with van der Waals surface area (Å²) in [6, 6.07) is 8.00. The molecule has 1 aromatic carbocycles. The van der Waals surface area contributed by atoms with Crippen LogP contribution in [0.1, 0.15) is 39.3 Å². The third-order valence-electron chi connectivity index (χ3n) is 5.49. The normalized spacial score (nSPS) is 19.3. The molecular weight excluding hydrogens is 396 g/mol. The first-order valence-electron chi connectivity index (χ1n) is 9.48. The average molecular weight is 421 g/mol. The molecule has 1 amide bonds. The van der Waals surface area contributed by atoms with E-state index in [2.05, 4.69) is 16.4 Å². The summed E-state index contributed by atoms with van der Waals surface area (Å²) in [4.78, 5) is 17.1. The second-order valence-corrected chi connectivity index (χ2v) is 10.1. The van der Waals surface area contributed by atoms with Gasteiger partial charge in [-0.15, -0.1) is 11.3 Å². The fourth-order valence-corrected chi connectivity index (χ4v) is 6.16. The maximum absolute atomic E-state index is 13.1. The van der Waals surface area contributed by atoms with Gasteiger partial charge in [0.15, 0.2) is 0 Å². The van der Waals surface area contributed by atoms with Gasteiger partial charge in [-0.1, -0.05) is 24.3 Å². The molecule has 4 rings (SSSR count). The Labute approximate surface area is 169 Å². The third-order valence-corrected chi connectivity index (χ3v) is 8.40. The Morgan fingerprint density at radius 2 is 1.86 bits per heavy atom. The summed E-state index contributed by atoms with van der Waals surface area (Å²) < 4.78 is 29.3. The number of fused-ring (bicyclic) bond motifs is 1. The van der Waals surface area contributed by atoms with Crippen LogP contribution in [0.4, 0.5) is 0 Å². The topological polar surface area (TPSA) is 82.6 Å². The Morgan fingerprint density at radius 1 is 1.14 bits per heavy atom. The van der Waals surface area contributed by atoms with Crippen molar-refractivity contribution in [2.24, 2.45) is 0 Å². The van der Waals surface area contributed by atoms with E-state index in [0.29, 0.717) is 43.9 Å². The molecule has 0 unspecified atom stereocenters. The SMILES string of the molecule is Cc1ncsc1C(=O)NC1CCN(S(=O)(=O)N2CCc3ccccc3C2)CC1. The van der Waals surface area contributed by atoms with E-state index in [-0.39, 0.29) is 11.9 Å². The smallest absolute Gasteiger partial charge is 0.282 e. The van der Waals surface area contributed by atoms with Gasteiger partial charge < -0.3 is 5.32 Å². The molecule has 28 heavy (non-hydrogen) atoms. The predicted octanol–water partition coefficient (Wildman–Crippen LogP) is 1.95. The molecule has 1 aromatic heterocycles. The van der Waals surface area contributed by atoms with Crippen molar-refractivity contribution in [3.8, 4) is 0 Å². The summed E-state index contributed by atoms with van der Waals surface area (Å²) in [7, 11) is -3.48. The number of rotatable bonds is 4. The lowest BCUT2D eigenvalue weighted by Gasteiger charge is -2.36. The minimum Gasteiger partial charge on any atom is -0.348 e. The third kappa shape index (κ3) is 3.84. The van der Waals surface area contributed by atoms with Gasteiger partial charge >= 0.3 is 0 Å². The number of amides is 1. The van der Waals surface area contributed by atoms with Gasteiger partial charge in [0.05, 0.1) is 11.2 Å². The monoisotopic (exact) mass is 420 g/mol. The second-order valence-electron chi connectivity index (χ2n) is 7.27. The lowest BCUT2D eigenvalue weighted by Crippen LogP contribution is -2.51. The molecular formula is C19H24N4O3S2. The van der Waals surface area contributed by atoms with Crippen LogP contribution in [0.15, 0.2) is 29.8 Å². The maximum atomic E-state index is 13.1. The lowest BCUT2D eigenvalue weighted by atomic mass is 10.0. The first-order chi connectivity index (χ1) is 13.4. The molecule has 0 spiro atoms. The molecule has 3 heterocycles. The van der Waals surface area contributed by atoms with Crippen molar-refractivity contribution in [2.45, 2.75) is 38.8 Å². The highest BCUT2D eigenvalue weighted by molar-refractivity contribution is 7.86. The minimum atomic E-state index is -3.48. The largest absolute Gasteiger partial charge is 0.348 e. The maximum Gasteiger partial charge on any atom is 0.282 e. The van der Waals surface area contributed by atoms with E-state index >= 15 is 0 Å². The molecule has 7 nitrogen and oxygen atoms in total. The van der Waals surface area contributed by atoms with E-state index in [4.69, 9.17) is 0 Å². The van der Waals surface area contributed by atoms with Crippen molar-refractivity contribution < 1.29 is 13.2 Å². The number of aryl methyl sites for hydroxylation is 1. The van der Waals surface area contributed by atoms with Gasteiger partial charge in [0.2, 0.25) is 0 Å². The van der Waals surface area contributed by atoms with Crippen molar-refractivity contribution in [2.75, 3.05) is 19.6 Å². The number of benzene rings is 1. The number of piperidine rings is 1. The van der Waals surface area contributed by atoms with Crippen LogP contribution in [-0.2, 0) is 23.2 Å². The standard InChI is InChI=1S/C19H24N4O3S2/c1-14-18(27-13-20-14)19(24)21-17-7-10-22(11-8-17)28(25,26)23-9-6-15-4-2-3-5-16(15)12-23/h2-5,13,17H,6-12H2,1H3,(H,21,24). The van der Waals surface area contributed by atoms with E-state index in [1.54, 1.807) is 14.1 Å². The first-order valence-corrected chi connectivity index (χ1v) is 11.8. The molecule has 0 bridgehead atoms. The van der Waals surface area contributed by atoms with Crippen LogP contribution in [0.5, 0.6) is 0 Å². The van der Waals surface area contributed by atoms with Gasteiger partial charge in [0, 0.05) is 32.2 Å². The van der Waals surface area contributed by atoms with Crippen molar-refractivity contribution >= 4 is 27.5 Å². The van der Waals surface area contributed by atoms with E-state index in [0.717, 1.165) is 17.7 Å². The number of nitrogens with one attached hydrogen (secondary N) is 1. The van der Waals surface area contributed by atoms with Crippen molar-refractivity contribution in [1.29, 1.82) is 0 Å². The minimum absolute atomic E-state index is 0.0115. The van der Waals surface area contributed by atoms with Crippen molar-refractivity contribution in [3.63, 3.8) is 0 Å². The van der Waals surface area contributed by atoms with Crippen LogP contribution in [-0.4, -0.2) is 53.6 Å². The Hall–Kier alpha value is -1.81. The molecule has 1 fully saturated rings. The van der Waals surface area contributed by atoms with Gasteiger partial charge in [-0.3, -0.25) is 4.79 Å². The van der Waals surface area contributed by atoms with Crippen LogP contribution in [0, 0.1) is 6.92 Å². The summed E-state index contributed by atoms with van der Waals surface area (Å²) >= 11 is 1.33. The van der Waals surface area contributed by atoms with Gasteiger partial charge in [0.25, 0.3) is 16.1 Å². The number of carbonyl (C=O) groups is 1. The van der Waals surface area contributed by atoms with Gasteiger partial charge in [-0.25, -0.2) is 4.98 Å². The molecule has 150 valence electrons. The fourth-order valence-electron chi connectivity index (χ4n) is 3.83. The zero-order valence-corrected chi connectivity index (χ0v) is 17.4. The highest BCUT2D eigenvalue weighted by Crippen LogP contribution is 2.25. The summed E-state index contributed by atoms with van der Waals surface area (Å²) in [6.07, 6.45) is 1.98. The number of aromatic nitrogens is 1. The van der Waals surface area contributed by atoms with Crippen LogP contribution in [0.3, 0.4) is 0 Å². The Bertz CT molecular complexity index is 965. The van der Waals surface area contributed by atoms with Crippen LogP contribution < -0.4 is 5.32 Å². The van der Waals surface area contributed by atoms with Crippen LogP contribution in [0.2, 0.25) is 0 Å². The van der Waals surface area contributed by atoms with E-state index in [1.165, 1.54) is 16.9 Å². The Balaban J connectivity index is 1.35. The fraction of sp³-hybridized carbons (Fsp3) is 0.474. The van der Waals surface area contributed by atoms with Crippen LogP contribution >= 0.6 is 11.3 Å². The average Bonchev–Trinajstić information content (AvgIpc) is 3.14. The first kappa shape index (κ1) is 19.5. The molecule has 2 aliphatic rings. The zero-order chi connectivity index (χ0) is 19.7. The van der Waals surface area contributed by atoms with Crippen molar-refractivity contribution in [1.82, 2.24) is 18.9 Å². The molecule has 1 N–H and O–H groups in total.